The average molecular weight is 243 g/mol. The summed E-state index contributed by atoms with van der Waals surface area (Å²) in [6, 6.07) is -1.62. The molecule has 0 saturated carbocycles. The van der Waals surface area contributed by atoms with E-state index < -0.39 is 30.8 Å². The molecule has 1 atom stereocenters. The third-order valence-corrected chi connectivity index (χ3v) is 1.95. The Morgan fingerprint density at radius 1 is 1.44 bits per heavy atom. The molecule has 92 valence electrons. The number of rotatable bonds is 3. The quantitative estimate of drug-likeness (QED) is 0.819. The van der Waals surface area contributed by atoms with Gasteiger partial charge < -0.3 is 5.73 Å². The van der Waals surface area contributed by atoms with E-state index >= 15 is 0 Å². The van der Waals surface area contributed by atoms with E-state index in [0.29, 0.717) is 0 Å². The van der Waals surface area contributed by atoms with E-state index in [4.69, 9.17) is 5.73 Å². The molecule has 0 aliphatic heterocycles. The van der Waals surface area contributed by atoms with E-state index in [1.54, 1.807) is 0 Å². The van der Waals surface area contributed by atoms with Gasteiger partial charge in [0.15, 0.2) is 5.69 Å². The fourth-order valence-electron chi connectivity index (χ4n) is 1.27. The Morgan fingerprint density at radius 2 is 2.00 bits per heavy atom. The maximum absolute atomic E-state index is 12.4. The molecule has 0 fully saturated rings. The minimum absolute atomic E-state index is 0.317. The zero-order chi connectivity index (χ0) is 12.5. The van der Waals surface area contributed by atoms with Crippen molar-refractivity contribution in [3.63, 3.8) is 0 Å². The fourth-order valence-corrected chi connectivity index (χ4v) is 1.27. The molecular formula is C8H10F5N3. The predicted octanol–water partition coefficient (Wildman–Crippen LogP) is 1.57. The highest BCUT2D eigenvalue weighted by atomic mass is 19.4. The molecule has 0 radical (unpaired) electrons. The zero-order valence-electron chi connectivity index (χ0n) is 8.30. The van der Waals surface area contributed by atoms with Crippen molar-refractivity contribution in [1.82, 2.24) is 9.78 Å². The SMILES string of the molecule is Cn1cc(CC(N)C(F)F)c(C(F)(F)F)n1. The topological polar surface area (TPSA) is 43.8 Å². The van der Waals surface area contributed by atoms with E-state index in [1.165, 1.54) is 7.05 Å². The molecule has 1 heterocycles. The van der Waals surface area contributed by atoms with Crippen LogP contribution >= 0.6 is 0 Å². The second-order valence-corrected chi connectivity index (χ2v) is 3.38. The van der Waals surface area contributed by atoms with Gasteiger partial charge in [0.2, 0.25) is 0 Å². The van der Waals surface area contributed by atoms with Crippen molar-refractivity contribution in [2.45, 2.75) is 25.1 Å². The Balaban J connectivity index is 2.96. The van der Waals surface area contributed by atoms with E-state index in [9.17, 15) is 22.0 Å². The fraction of sp³-hybridized carbons (Fsp3) is 0.625. The third kappa shape index (κ3) is 2.91. The number of hydrogen-bond donors (Lipinski definition) is 1. The third-order valence-electron chi connectivity index (χ3n) is 1.95. The smallest absolute Gasteiger partial charge is 0.323 e. The van der Waals surface area contributed by atoms with Crippen molar-refractivity contribution in [2.24, 2.45) is 12.8 Å². The van der Waals surface area contributed by atoms with Gasteiger partial charge in [-0.1, -0.05) is 0 Å². The van der Waals surface area contributed by atoms with Crippen LogP contribution in [0.2, 0.25) is 0 Å². The number of nitrogens with two attached hydrogens (primary N) is 1. The first kappa shape index (κ1) is 12.9. The van der Waals surface area contributed by atoms with Crippen LogP contribution in [-0.2, 0) is 19.6 Å². The van der Waals surface area contributed by atoms with E-state index in [1.807, 2.05) is 0 Å². The molecule has 8 heteroatoms. The summed E-state index contributed by atoms with van der Waals surface area (Å²) in [4.78, 5) is 0. The summed E-state index contributed by atoms with van der Waals surface area (Å²) in [6.07, 6.45) is -7.02. The van der Waals surface area contributed by atoms with Crippen LogP contribution < -0.4 is 5.73 Å². The Morgan fingerprint density at radius 3 is 2.44 bits per heavy atom. The van der Waals surface area contributed by atoms with Gasteiger partial charge in [0.05, 0.1) is 6.04 Å². The molecule has 0 amide bonds. The molecule has 16 heavy (non-hydrogen) atoms. The second-order valence-electron chi connectivity index (χ2n) is 3.38. The number of aryl methyl sites for hydroxylation is 1. The van der Waals surface area contributed by atoms with Gasteiger partial charge in [-0.2, -0.15) is 18.3 Å². The summed E-state index contributed by atoms with van der Waals surface area (Å²) in [5.41, 5.74) is 3.54. The standard InChI is InChI=1S/C8H10F5N3/c1-16-3-4(2-5(14)7(9)10)6(15-16)8(11,12)13/h3,5,7H,2,14H2,1H3. The summed E-state index contributed by atoms with van der Waals surface area (Å²) in [6.45, 7) is 0. The summed E-state index contributed by atoms with van der Waals surface area (Å²) in [5, 5.41) is 3.19. The molecule has 2 N–H and O–H groups in total. The number of aromatic nitrogens is 2. The van der Waals surface area contributed by atoms with Crippen LogP contribution in [0.1, 0.15) is 11.3 Å². The molecule has 0 spiro atoms. The van der Waals surface area contributed by atoms with Crippen LogP contribution in [0.4, 0.5) is 22.0 Å². The lowest BCUT2D eigenvalue weighted by atomic mass is 10.1. The van der Waals surface area contributed by atoms with Crippen LogP contribution in [0.15, 0.2) is 6.20 Å². The van der Waals surface area contributed by atoms with Crippen LogP contribution in [0.25, 0.3) is 0 Å². The molecular weight excluding hydrogens is 233 g/mol. The van der Waals surface area contributed by atoms with E-state index in [2.05, 4.69) is 5.10 Å². The predicted molar refractivity (Wildman–Crippen MR) is 45.9 cm³/mol. The first-order valence-electron chi connectivity index (χ1n) is 4.35. The van der Waals surface area contributed by atoms with Crippen LogP contribution in [-0.4, -0.2) is 22.2 Å². The molecule has 1 unspecified atom stereocenters. The molecule has 1 aromatic heterocycles. The van der Waals surface area contributed by atoms with Gasteiger partial charge in [0.1, 0.15) is 0 Å². The van der Waals surface area contributed by atoms with Crippen LogP contribution in [0, 0.1) is 0 Å². The number of nitrogens with zero attached hydrogens (tertiary/aromatic N) is 2. The van der Waals surface area contributed by atoms with Gasteiger partial charge in [-0.05, 0) is 6.42 Å². The highest BCUT2D eigenvalue weighted by molar-refractivity contribution is 5.21. The normalized spacial score (nSPS) is 14.5. The number of halogens is 5. The summed E-state index contributed by atoms with van der Waals surface area (Å²) >= 11 is 0. The van der Waals surface area contributed by atoms with Crippen molar-refractivity contribution >= 4 is 0 Å². The molecule has 0 aliphatic rings. The number of alkyl halides is 5. The Hall–Kier alpha value is -1.18. The summed E-state index contributed by atoms with van der Waals surface area (Å²) in [7, 11) is 1.28. The largest absolute Gasteiger partial charge is 0.435 e. The number of hydrogen-bond acceptors (Lipinski definition) is 2. The highest BCUT2D eigenvalue weighted by Crippen LogP contribution is 2.31. The van der Waals surface area contributed by atoms with Gasteiger partial charge in [-0.15, -0.1) is 0 Å². The van der Waals surface area contributed by atoms with Crippen LogP contribution in [0.5, 0.6) is 0 Å². The van der Waals surface area contributed by atoms with Crippen molar-refractivity contribution in [3.05, 3.63) is 17.5 Å². The monoisotopic (exact) mass is 243 g/mol. The van der Waals surface area contributed by atoms with Crippen molar-refractivity contribution in [2.75, 3.05) is 0 Å². The molecule has 3 nitrogen and oxygen atoms in total. The minimum Gasteiger partial charge on any atom is -0.323 e. The average Bonchev–Trinajstić information content (AvgIpc) is 2.45. The Kier molecular flexibility index (Phi) is 3.51. The maximum Gasteiger partial charge on any atom is 0.435 e. The lowest BCUT2D eigenvalue weighted by Crippen LogP contribution is -2.31. The first-order valence-corrected chi connectivity index (χ1v) is 4.35. The van der Waals surface area contributed by atoms with Gasteiger partial charge in [-0.3, -0.25) is 4.68 Å². The van der Waals surface area contributed by atoms with Gasteiger partial charge in [0.25, 0.3) is 6.43 Å². The lowest BCUT2D eigenvalue weighted by molar-refractivity contribution is -0.142. The lowest BCUT2D eigenvalue weighted by Gasteiger charge is -2.11. The Labute approximate surface area is 88.0 Å². The Bertz CT molecular complexity index is 357. The van der Waals surface area contributed by atoms with Gasteiger partial charge >= 0.3 is 6.18 Å². The van der Waals surface area contributed by atoms with E-state index in [-0.39, 0.29) is 5.56 Å². The summed E-state index contributed by atoms with van der Waals surface area (Å²) in [5.74, 6) is 0. The summed E-state index contributed by atoms with van der Waals surface area (Å²) < 4.78 is 62.4. The van der Waals surface area contributed by atoms with Gasteiger partial charge in [-0.25, -0.2) is 8.78 Å². The van der Waals surface area contributed by atoms with Crippen molar-refractivity contribution < 1.29 is 22.0 Å². The zero-order valence-corrected chi connectivity index (χ0v) is 8.30. The highest BCUT2D eigenvalue weighted by Gasteiger charge is 2.37. The molecule has 0 aromatic carbocycles. The molecule has 1 rings (SSSR count). The molecule has 1 aromatic rings. The minimum atomic E-state index is -4.65. The molecule has 0 bridgehead atoms. The van der Waals surface area contributed by atoms with Crippen molar-refractivity contribution in [1.29, 1.82) is 0 Å². The van der Waals surface area contributed by atoms with Crippen LogP contribution in [0.3, 0.4) is 0 Å². The molecule has 0 saturated heterocycles. The molecule has 0 aliphatic carbocycles. The van der Waals surface area contributed by atoms with E-state index in [0.717, 1.165) is 10.9 Å². The van der Waals surface area contributed by atoms with Gasteiger partial charge in [0, 0.05) is 18.8 Å². The van der Waals surface area contributed by atoms with Crippen molar-refractivity contribution in [3.8, 4) is 0 Å². The first-order chi connectivity index (χ1) is 7.21. The maximum atomic E-state index is 12.4. The second kappa shape index (κ2) is 4.36.